The molecule has 0 aromatic carbocycles. The van der Waals surface area contributed by atoms with Gasteiger partial charge in [-0.2, -0.15) is 9.61 Å². The zero-order valence-corrected chi connectivity index (χ0v) is 10.1. The number of anilines is 1. The van der Waals surface area contributed by atoms with Crippen molar-refractivity contribution in [1.29, 1.82) is 0 Å². The van der Waals surface area contributed by atoms with E-state index in [1.807, 2.05) is 6.92 Å². The lowest BCUT2D eigenvalue weighted by Crippen LogP contribution is -2.22. The van der Waals surface area contributed by atoms with E-state index in [1.165, 1.54) is 0 Å². The second-order valence-electron chi connectivity index (χ2n) is 4.56. The van der Waals surface area contributed by atoms with Crippen molar-refractivity contribution in [2.75, 3.05) is 18.0 Å². The summed E-state index contributed by atoms with van der Waals surface area (Å²) in [6.45, 7) is 3.77. The third-order valence-electron chi connectivity index (χ3n) is 3.28. The first kappa shape index (κ1) is 11.0. The molecular weight excluding hydrogens is 232 g/mol. The molecule has 6 heteroatoms. The Labute approximate surface area is 104 Å². The summed E-state index contributed by atoms with van der Waals surface area (Å²) in [4.78, 5) is 17.4. The fourth-order valence-electron chi connectivity index (χ4n) is 2.34. The lowest BCUT2D eigenvalue weighted by Gasteiger charge is -2.18. The van der Waals surface area contributed by atoms with E-state index in [-0.39, 0.29) is 5.69 Å². The molecule has 0 radical (unpaired) electrons. The minimum Gasteiger partial charge on any atom is -0.477 e. The van der Waals surface area contributed by atoms with Crippen molar-refractivity contribution in [2.24, 2.45) is 0 Å². The van der Waals surface area contributed by atoms with Crippen LogP contribution in [0, 0.1) is 6.92 Å². The molecule has 2 aromatic rings. The van der Waals surface area contributed by atoms with Gasteiger partial charge in [-0.15, -0.1) is 0 Å². The van der Waals surface area contributed by atoms with E-state index in [4.69, 9.17) is 5.11 Å². The van der Waals surface area contributed by atoms with Crippen LogP contribution in [-0.4, -0.2) is 38.8 Å². The summed E-state index contributed by atoms with van der Waals surface area (Å²) in [5.74, 6) is -0.179. The van der Waals surface area contributed by atoms with Crippen molar-refractivity contribution in [3.8, 4) is 0 Å². The molecule has 1 saturated heterocycles. The van der Waals surface area contributed by atoms with Crippen LogP contribution in [0.15, 0.2) is 12.3 Å². The van der Waals surface area contributed by atoms with Crippen molar-refractivity contribution >= 4 is 17.4 Å². The molecule has 1 fully saturated rings. The lowest BCUT2D eigenvalue weighted by molar-refractivity contribution is 0.0690. The largest absolute Gasteiger partial charge is 0.477 e. The standard InChI is InChI=1S/C12H14N4O2/c1-8-7-13-16-10(15-4-2-3-5-15)6-9(12(17)18)14-11(8)16/h6-7H,2-5H2,1H3,(H,17,18). The molecule has 0 atom stereocenters. The number of carbonyl (C=O) groups is 1. The molecule has 3 rings (SSSR count). The van der Waals surface area contributed by atoms with Gasteiger partial charge in [0.25, 0.3) is 0 Å². The number of carboxylic acid groups (broad SMARTS) is 1. The number of fused-ring (bicyclic) bond motifs is 1. The second-order valence-corrected chi connectivity index (χ2v) is 4.56. The molecule has 2 aromatic heterocycles. The number of carboxylic acids is 1. The number of hydrogen-bond acceptors (Lipinski definition) is 4. The Bertz CT molecular complexity index is 614. The van der Waals surface area contributed by atoms with Crippen LogP contribution in [0.4, 0.5) is 5.82 Å². The third-order valence-corrected chi connectivity index (χ3v) is 3.28. The maximum atomic E-state index is 11.1. The monoisotopic (exact) mass is 246 g/mol. The van der Waals surface area contributed by atoms with Gasteiger partial charge >= 0.3 is 5.97 Å². The van der Waals surface area contributed by atoms with Crippen LogP contribution in [0.5, 0.6) is 0 Å². The van der Waals surface area contributed by atoms with Crippen LogP contribution >= 0.6 is 0 Å². The van der Waals surface area contributed by atoms with Crippen molar-refractivity contribution in [1.82, 2.24) is 14.6 Å². The van der Waals surface area contributed by atoms with Gasteiger partial charge in [0.15, 0.2) is 11.3 Å². The van der Waals surface area contributed by atoms with E-state index in [1.54, 1.807) is 16.8 Å². The highest BCUT2D eigenvalue weighted by molar-refractivity contribution is 5.87. The third kappa shape index (κ3) is 1.61. The molecule has 94 valence electrons. The van der Waals surface area contributed by atoms with Crippen molar-refractivity contribution < 1.29 is 9.90 Å². The summed E-state index contributed by atoms with van der Waals surface area (Å²) >= 11 is 0. The van der Waals surface area contributed by atoms with Gasteiger partial charge in [-0.05, 0) is 19.8 Å². The van der Waals surface area contributed by atoms with E-state index >= 15 is 0 Å². The van der Waals surface area contributed by atoms with Crippen LogP contribution in [0.1, 0.15) is 28.9 Å². The van der Waals surface area contributed by atoms with Gasteiger partial charge in [0.05, 0.1) is 6.20 Å². The molecule has 0 spiro atoms. The molecule has 1 aliphatic rings. The fourth-order valence-corrected chi connectivity index (χ4v) is 2.34. The summed E-state index contributed by atoms with van der Waals surface area (Å²) in [6.07, 6.45) is 3.98. The van der Waals surface area contributed by atoms with Gasteiger partial charge in [0.2, 0.25) is 0 Å². The summed E-state index contributed by atoms with van der Waals surface area (Å²) in [6, 6.07) is 1.60. The molecule has 0 bridgehead atoms. The molecule has 0 unspecified atom stereocenters. The van der Waals surface area contributed by atoms with E-state index in [9.17, 15) is 4.79 Å². The quantitative estimate of drug-likeness (QED) is 0.865. The topological polar surface area (TPSA) is 70.7 Å². The summed E-state index contributed by atoms with van der Waals surface area (Å²) in [5, 5.41) is 13.4. The number of nitrogens with zero attached hydrogens (tertiary/aromatic N) is 4. The first-order valence-corrected chi connectivity index (χ1v) is 6.00. The van der Waals surface area contributed by atoms with Gasteiger partial charge < -0.3 is 10.0 Å². The Morgan fingerprint density at radius 1 is 1.39 bits per heavy atom. The highest BCUT2D eigenvalue weighted by atomic mass is 16.4. The van der Waals surface area contributed by atoms with Gasteiger partial charge in [-0.1, -0.05) is 0 Å². The minimum absolute atomic E-state index is 0.0769. The van der Waals surface area contributed by atoms with Crippen molar-refractivity contribution in [2.45, 2.75) is 19.8 Å². The van der Waals surface area contributed by atoms with Crippen LogP contribution < -0.4 is 4.90 Å². The maximum absolute atomic E-state index is 11.1. The maximum Gasteiger partial charge on any atom is 0.354 e. The average Bonchev–Trinajstić information content (AvgIpc) is 2.98. The zero-order chi connectivity index (χ0) is 12.7. The van der Waals surface area contributed by atoms with Crippen LogP contribution in [0.2, 0.25) is 0 Å². The molecule has 0 aliphatic carbocycles. The number of aryl methyl sites for hydroxylation is 1. The lowest BCUT2D eigenvalue weighted by atomic mass is 10.3. The molecule has 1 N–H and O–H groups in total. The normalized spacial score (nSPS) is 15.5. The Morgan fingerprint density at radius 3 is 2.78 bits per heavy atom. The molecule has 0 amide bonds. The van der Waals surface area contributed by atoms with Gasteiger partial charge in [0.1, 0.15) is 5.82 Å². The van der Waals surface area contributed by atoms with Crippen LogP contribution in [-0.2, 0) is 0 Å². The number of aromatic carboxylic acids is 1. The second kappa shape index (κ2) is 3.97. The Balaban J connectivity index is 2.23. The highest BCUT2D eigenvalue weighted by Crippen LogP contribution is 2.23. The first-order valence-electron chi connectivity index (χ1n) is 6.00. The van der Waals surface area contributed by atoms with Gasteiger partial charge in [-0.25, -0.2) is 9.78 Å². The molecule has 6 nitrogen and oxygen atoms in total. The number of hydrogen-bond donors (Lipinski definition) is 1. The SMILES string of the molecule is Cc1cnn2c(N3CCCC3)cc(C(=O)O)nc12. The van der Waals surface area contributed by atoms with E-state index in [0.29, 0.717) is 5.65 Å². The Morgan fingerprint density at radius 2 is 2.11 bits per heavy atom. The van der Waals surface area contributed by atoms with Crippen LogP contribution in [0.3, 0.4) is 0 Å². The van der Waals surface area contributed by atoms with E-state index < -0.39 is 5.97 Å². The molecule has 3 heterocycles. The number of rotatable bonds is 2. The minimum atomic E-state index is -1.00. The number of aromatic nitrogens is 3. The van der Waals surface area contributed by atoms with E-state index in [0.717, 1.165) is 37.3 Å². The average molecular weight is 246 g/mol. The molecular formula is C12H14N4O2. The van der Waals surface area contributed by atoms with Gasteiger partial charge in [-0.3, -0.25) is 0 Å². The Hall–Kier alpha value is -2.11. The summed E-state index contributed by atoms with van der Waals surface area (Å²) < 4.78 is 1.73. The summed E-state index contributed by atoms with van der Waals surface area (Å²) in [7, 11) is 0. The molecule has 1 aliphatic heterocycles. The zero-order valence-electron chi connectivity index (χ0n) is 10.1. The highest BCUT2D eigenvalue weighted by Gasteiger charge is 2.20. The molecule has 18 heavy (non-hydrogen) atoms. The smallest absolute Gasteiger partial charge is 0.354 e. The van der Waals surface area contributed by atoms with Crippen LogP contribution in [0.25, 0.3) is 5.65 Å². The predicted octanol–water partition coefficient (Wildman–Crippen LogP) is 1.34. The Kier molecular flexibility index (Phi) is 2.43. The first-order chi connectivity index (χ1) is 8.66. The van der Waals surface area contributed by atoms with Crippen molar-refractivity contribution in [3.05, 3.63) is 23.5 Å². The van der Waals surface area contributed by atoms with Gasteiger partial charge in [0, 0.05) is 24.7 Å². The fraction of sp³-hybridized carbons (Fsp3) is 0.417. The van der Waals surface area contributed by atoms with Crippen molar-refractivity contribution in [3.63, 3.8) is 0 Å². The summed E-state index contributed by atoms with van der Waals surface area (Å²) in [5.41, 5.74) is 1.59. The predicted molar refractivity (Wildman–Crippen MR) is 66.1 cm³/mol. The molecule has 0 saturated carbocycles. The van der Waals surface area contributed by atoms with E-state index in [2.05, 4.69) is 15.0 Å².